The summed E-state index contributed by atoms with van der Waals surface area (Å²) in [4.78, 5) is 30.3. The Kier molecular flexibility index (Phi) is 5.07. The van der Waals surface area contributed by atoms with Gasteiger partial charge in [0.2, 0.25) is 5.71 Å². The molecule has 0 atom stereocenters. The second-order valence-corrected chi connectivity index (χ2v) is 4.44. The van der Waals surface area contributed by atoms with Crippen LogP contribution in [0.2, 0.25) is 0 Å². The number of fused-ring (bicyclic) bond motifs is 1. The van der Waals surface area contributed by atoms with E-state index in [4.69, 9.17) is 9.15 Å². The molecular formula is C13H18N4O4. The highest BCUT2D eigenvalue weighted by atomic mass is 16.5. The molecule has 2 aromatic heterocycles. The molecule has 0 radical (unpaired) electrons. The minimum atomic E-state index is -0.389. The van der Waals surface area contributed by atoms with Gasteiger partial charge in [-0.05, 0) is 6.92 Å². The molecule has 8 heteroatoms. The molecule has 1 amide bonds. The number of ether oxygens (including phenoxy) is 1. The van der Waals surface area contributed by atoms with Crippen molar-refractivity contribution in [1.29, 1.82) is 0 Å². The first-order valence-corrected chi connectivity index (χ1v) is 6.59. The van der Waals surface area contributed by atoms with E-state index in [1.54, 1.807) is 14.0 Å². The monoisotopic (exact) mass is 294 g/mol. The normalized spacial score (nSPS) is 11.0. The van der Waals surface area contributed by atoms with Gasteiger partial charge in [0.25, 0.3) is 11.5 Å². The van der Waals surface area contributed by atoms with Gasteiger partial charge in [0.1, 0.15) is 11.1 Å². The number of aryl methyl sites for hydroxylation is 1. The van der Waals surface area contributed by atoms with E-state index in [0.29, 0.717) is 32.0 Å². The molecule has 8 nitrogen and oxygen atoms in total. The van der Waals surface area contributed by atoms with E-state index >= 15 is 0 Å². The Labute approximate surface area is 120 Å². The molecule has 0 fully saturated rings. The maximum Gasteiger partial charge on any atom is 0.262 e. The highest BCUT2D eigenvalue weighted by molar-refractivity contribution is 6.06. The second-order valence-electron chi connectivity index (χ2n) is 4.44. The van der Waals surface area contributed by atoms with Crippen LogP contribution in [-0.4, -0.2) is 49.2 Å². The first-order chi connectivity index (χ1) is 10.1. The van der Waals surface area contributed by atoms with Crippen LogP contribution in [0.4, 0.5) is 0 Å². The predicted molar refractivity (Wildman–Crippen MR) is 76.4 cm³/mol. The van der Waals surface area contributed by atoms with Gasteiger partial charge in [0, 0.05) is 26.7 Å². The maximum absolute atomic E-state index is 12.2. The summed E-state index contributed by atoms with van der Waals surface area (Å²) in [7, 11) is 1.63. The van der Waals surface area contributed by atoms with Crippen molar-refractivity contribution in [2.45, 2.75) is 6.92 Å². The summed E-state index contributed by atoms with van der Waals surface area (Å²) in [5, 5.41) is 6.03. The number of furan rings is 1. The minimum absolute atomic E-state index is 0.166. The summed E-state index contributed by atoms with van der Waals surface area (Å²) in [6, 6.07) is 0. The van der Waals surface area contributed by atoms with Crippen LogP contribution in [0, 0.1) is 6.92 Å². The Balaban J connectivity index is 2.03. The second kappa shape index (κ2) is 7.00. The van der Waals surface area contributed by atoms with Gasteiger partial charge in [-0.15, -0.1) is 0 Å². The number of aromatic nitrogens is 2. The van der Waals surface area contributed by atoms with Crippen molar-refractivity contribution in [2.24, 2.45) is 0 Å². The first-order valence-electron chi connectivity index (χ1n) is 6.59. The molecule has 2 aromatic rings. The Morgan fingerprint density at radius 2 is 2.24 bits per heavy atom. The first kappa shape index (κ1) is 15.2. The Hall–Kier alpha value is -2.19. The number of aromatic amines is 1. The highest BCUT2D eigenvalue weighted by Crippen LogP contribution is 2.19. The van der Waals surface area contributed by atoms with Crippen LogP contribution in [0.1, 0.15) is 16.1 Å². The molecule has 0 unspecified atom stereocenters. The largest absolute Gasteiger partial charge is 0.442 e. The SMILES string of the molecule is COCCNCCNC(=O)c1c(C)oc2nc[nH]c(=O)c12. The Bertz CT molecular complexity index is 676. The molecule has 114 valence electrons. The van der Waals surface area contributed by atoms with Crippen molar-refractivity contribution in [1.82, 2.24) is 20.6 Å². The fraction of sp³-hybridized carbons (Fsp3) is 0.462. The number of carbonyl (C=O) groups excluding carboxylic acids is 1. The van der Waals surface area contributed by atoms with Crippen LogP contribution in [-0.2, 0) is 4.74 Å². The molecule has 3 N–H and O–H groups in total. The number of methoxy groups -OCH3 is 1. The zero-order valence-electron chi connectivity index (χ0n) is 12.0. The molecule has 0 saturated heterocycles. The fourth-order valence-corrected chi connectivity index (χ4v) is 1.98. The average molecular weight is 294 g/mol. The summed E-state index contributed by atoms with van der Waals surface area (Å²) in [5.41, 5.74) is 0.0103. The van der Waals surface area contributed by atoms with Gasteiger partial charge in [-0.2, -0.15) is 0 Å². The van der Waals surface area contributed by atoms with Gasteiger partial charge in [-0.1, -0.05) is 0 Å². The summed E-state index contributed by atoms with van der Waals surface area (Å²) in [6.45, 7) is 4.00. The third-order valence-electron chi connectivity index (χ3n) is 2.97. The van der Waals surface area contributed by atoms with Gasteiger partial charge in [0.15, 0.2) is 0 Å². The van der Waals surface area contributed by atoms with Crippen LogP contribution < -0.4 is 16.2 Å². The lowest BCUT2D eigenvalue weighted by Gasteiger charge is -2.06. The van der Waals surface area contributed by atoms with Crippen molar-refractivity contribution in [3.63, 3.8) is 0 Å². The lowest BCUT2D eigenvalue weighted by atomic mass is 10.2. The van der Waals surface area contributed by atoms with E-state index in [1.807, 2.05) is 0 Å². The number of hydrogen-bond acceptors (Lipinski definition) is 6. The smallest absolute Gasteiger partial charge is 0.262 e. The number of hydrogen-bond donors (Lipinski definition) is 3. The molecule has 21 heavy (non-hydrogen) atoms. The van der Waals surface area contributed by atoms with E-state index < -0.39 is 0 Å². The van der Waals surface area contributed by atoms with Gasteiger partial charge in [-0.3, -0.25) is 9.59 Å². The van der Waals surface area contributed by atoms with E-state index in [2.05, 4.69) is 20.6 Å². The molecule has 0 aromatic carbocycles. The van der Waals surface area contributed by atoms with Crippen molar-refractivity contribution >= 4 is 17.0 Å². The van der Waals surface area contributed by atoms with Crippen molar-refractivity contribution in [3.05, 3.63) is 28.0 Å². The van der Waals surface area contributed by atoms with E-state index in [0.717, 1.165) is 0 Å². The van der Waals surface area contributed by atoms with Gasteiger partial charge in [0.05, 0.1) is 18.5 Å². The number of nitrogens with zero attached hydrogens (tertiary/aromatic N) is 1. The van der Waals surface area contributed by atoms with Crippen LogP contribution in [0.15, 0.2) is 15.5 Å². The summed E-state index contributed by atoms with van der Waals surface area (Å²) in [5.74, 6) is 0.0253. The maximum atomic E-state index is 12.2. The van der Waals surface area contributed by atoms with Gasteiger partial charge >= 0.3 is 0 Å². The third-order valence-corrected chi connectivity index (χ3v) is 2.97. The minimum Gasteiger partial charge on any atom is -0.442 e. The fourth-order valence-electron chi connectivity index (χ4n) is 1.98. The summed E-state index contributed by atoms with van der Waals surface area (Å²) < 4.78 is 10.2. The van der Waals surface area contributed by atoms with Crippen molar-refractivity contribution < 1.29 is 13.9 Å². The number of rotatable bonds is 7. The van der Waals surface area contributed by atoms with Crippen molar-refractivity contribution in [3.8, 4) is 0 Å². The van der Waals surface area contributed by atoms with Crippen LogP contribution in [0.25, 0.3) is 11.1 Å². The third kappa shape index (κ3) is 3.47. The molecule has 0 aliphatic carbocycles. The Morgan fingerprint density at radius 3 is 3.00 bits per heavy atom. The molecule has 0 spiro atoms. The quantitative estimate of drug-likeness (QED) is 0.610. The zero-order valence-corrected chi connectivity index (χ0v) is 12.0. The van der Waals surface area contributed by atoms with Gasteiger partial charge in [-0.25, -0.2) is 4.98 Å². The number of H-pyrrole nitrogens is 1. The summed E-state index contributed by atoms with van der Waals surface area (Å²) in [6.07, 6.45) is 1.25. The van der Waals surface area contributed by atoms with Crippen molar-refractivity contribution in [2.75, 3.05) is 33.4 Å². The lowest BCUT2D eigenvalue weighted by Crippen LogP contribution is -2.33. The van der Waals surface area contributed by atoms with Crippen LogP contribution in [0.3, 0.4) is 0 Å². The molecule has 2 rings (SSSR count). The topological polar surface area (TPSA) is 109 Å². The molecule has 0 aliphatic heterocycles. The van der Waals surface area contributed by atoms with Gasteiger partial charge < -0.3 is 24.8 Å². The van der Waals surface area contributed by atoms with Crippen LogP contribution in [0.5, 0.6) is 0 Å². The molecule has 0 aliphatic rings. The molecule has 0 bridgehead atoms. The predicted octanol–water partition coefficient (Wildman–Crippen LogP) is -0.210. The van der Waals surface area contributed by atoms with E-state index in [-0.39, 0.29) is 28.1 Å². The standard InChI is InChI=1S/C13H18N4O4/c1-8-9(10-12(19)16-7-17-13(10)21-8)11(18)15-4-3-14-5-6-20-2/h7,14H,3-6H2,1-2H3,(H,15,18)(H,16,17,19). The van der Waals surface area contributed by atoms with E-state index in [1.165, 1.54) is 6.33 Å². The average Bonchev–Trinajstić information content (AvgIpc) is 2.80. The highest BCUT2D eigenvalue weighted by Gasteiger charge is 2.21. The number of carbonyl (C=O) groups is 1. The van der Waals surface area contributed by atoms with Crippen LogP contribution >= 0.6 is 0 Å². The lowest BCUT2D eigenvalue weighted by molar-refractivity contribution is 0.0953. The molecule has 0 saturated carbocycles. The Morgan fingerprint density at radius 1 is 1.43 bits per heavy atom. The number of amides is 1. The number of nitrogens with one attached hydrogen (secondary N) is 3. The molecule has 2 heterocycles. The zero-order chi connectivity index (χ0) is 15.2. The molecular weight excluding hydrogens is 276 g/mol. The van der Waals surface area contributed by atoms with E-state index in [9.17, 15) is 9.59 Å². The summed E-state index contributed by atoms with van der Waals surface area (Å²) >= 11 is 0.